The third kappa shape index (κ3) is 4.83. The molecule has 3 aromatic carbocycles. The zero-order chi connectivity index (χ0) is 29.1. The van der Waals surface area contributed by atoms with Gasteiger partial charge in [0, 0.05) is 0 Å². The predicted molar refractivity (Wildman–Crippen MR) is 150 cm³/mol. The largest absolute Gasteiger partial charge is 0.494 e. The molecule has 1 unspecified atom stereocenters. The maximum Gasteiger partial charge on any atom is 0.355 e. The number of methoxy groups -OCH3 is 2. The van der Waals surface area contributed by atoms with Gasteiger partial charge in [-0.2, -0.15) is 10.1 Å². The highest BCUT2D eigenvalue weighted by atomic mass is 16.5. The lowest BCUT2D eigenvalue weighted by atomic mass is 9.81. The van der Waals surface area contributed by atoms with Gasteiger partial charge in [-0.1, -0.05) is 30.3 Å². The zero-order valence-electron chi connectivity index (χ0n) is 22.6. The number of esters is 2. The van der Waals surface area contributed by atoms with Crippen LogP contribution in [0.25, 0.3) is 16.7 Å². The maximum absolute atomic E-state index is 13.3. The highest BCUT2D eigenvalue weighted by Crippen LogP contribution is 2.43. The van der Waals surface area contributed by atoms with Crippen molar-refractivity contribution in [1.82, 2.24) is 15.0 Å². The minimum atomic E-state index is -0.955. The number of nitriles is 1. The zero-order valence-corrected chi connectivity index (χ0v) is 22.6. The van der Waals surface area contributed by atoms with Gasteiger partial charge in [-0.25, -0.2) is 9.59 Å². The Labute approximate surface area is 235 Å². The van der Waals surface area contributed by atoms with E-state index in [1.54, 1.807) is 48.5 Å². The van der Waals surface area contributed by atoms with Crippen molar-refractivity contribution in [2.75, 3.05) is 25.7 Å². The van der Waals surface area contributed by atoms with Crippen molar-refractivity contribution in [2.24, 2.45) is 5.73 Å². The summed E-state index contributed by atoms with van der Waals surface area (Å²) >= 11 is 0. The van der Waals surface area contributed by atoms with E-state index in [4.69, 9.17) is 19.9 Å². The second-order valence-corrected chi connectivity index (χ2v) is 8.92. The average molecular weight is 551 g/mol. The number of nitrogens with two attached hydrogens (primary N) is 1. The van der Waals surface area contributed by atoms with Gasteiger partial charge >= 0.3 is 11.9 Å². The lowest BCUT2D eigenvalue weighted by Crippen LogP contribution is -2.40. The van der Waals surface area contributed by atoms with Crippen LogP contribution in [0.3, 0.4) is 0 Å². The van der Waals surface area contributed by atoms with Crippen molar-refractivity contribution < 1.29 is 23.8 Å². The van der Waals surface area contributed by atoms with Gasteiger partial charge in [-0.3, -0.25) is 4.90 Å². The van der Waals surface area contributed by atoms with Crippen LogP contribution < -0.4 is 15.4 Å². The molecule has 2 heterocycles. The second kappa shape index (κ2) is 11.2. The van der Waals surface area contributed by atoms with Crippen LogP contribution in [0.5, 0.6) is 5.75 Å². The lowest BCUT2D eigenvalue weighted by Gasteiger charge is -2.35. The summed E-state index contributed by atoms with van der Waals surface area (Å²) in [5.41, 5.74) is 9.15. The van der Waals surface area contributed by atoms with Crippen LogP contribution >= 0.6 is 0 Å². The van der Waals surface area contributed by atoms with E-state index in [9.17, 15) is 14.9 Å². The molecule has 2 N–H and O–H groups in total. The van der Waals surface area contributed by atoms with Gasteiger partial charge in [0.15, 0.2) is 0 Å². The van der Waals surface area contributed by atoms with Gasteiger partial charge in [0.25, 0.3) is 0 Å². The fraction of sp³-hybridized carbons (Fsp3) is 0.167. The molecule has 1 aromatic heterocycles. The molecule has 0 aliphatic carbocycles. The first-order valence-electron chi connectivity index (χ1n) is 12.7. The van der Waals surface area contributed by atoms with E-state index in [1.165, 1.54) is 23.9 Å². The third-order valence-corrected chi connectivity index (χ3v) is 6.61. The Morgan fingerprint density at radius 1 is 0.927 bits per heavy atom. The van der Waals surface area contributed by atoms with Crippen LogP contribution in [0.15, 0.2) is 95.5 Å². The van der Waals surface area contributed by atoms with Gasteiger partial charge in [-0.05, 0) is 55.0 Å². The lowest BCUT2D eigenvalue weighted by molar-refractivity contribution is -0.139. The minimum Gasteiger partial charge on any atom is -0.494 e. The van der Waals surface area contributed by atoms with Crippen molar-refractivity contribution in [3.05, 3.63) is 101 Å². The molecule has 1 atom stereocenters. The van der Waals surface area contributed by atoms with E-state index in [0.717, 1.165) is 5.75 Å². The van der Waals surface area contributed by atoms with Gasteiger partial charge in [0.2, 0.25) is 0 Å². The first-order chi connectivity index (χ1) is 19.9. The van der Waals surface area contributed by atoms with Crippen molar-refractivity contribution in [3.8, 4) is 17.5 Å². The summed E-state index contributed by atoms with van der Waals surface area (Å²) in [7, 11) is 2.40. The predicted octanol–water partition coefficient (Wildman–Crippen LogP) is 3.72. The number of fused-ring (bicyclic) bond motifs is 1. The van der Waals surface area contributed by atoms with Gasteiger partial charge in [0.05, 0.1) is 55.3 Å². The second-order valence-electron chi connectivity index (χ2n) is 8.92. The van der Waals surface area contributed by atoms with Gasteiger partial charge in [-0.15, -0.1) is 10.2 Å². The number of ether oxygens (including phenoxy) is 3. The summed E-state index contributed by atoms with van der Waals surface area (Å²) in [6.07, 6.45) is 0. The highest BCUT2D eigenvalue weighted by Gasteiger charge is 2.43. The Hall–Kier alpha value is -5.63. The number of nitrogens with zero attached hydrogens (tertiary/aromatic N) is 5. The Morgan fingerprint density at radius 3 is 2.22 bits per heavy atom. The fourth-order valence-electron chi connectivity index (χ4n) is 4.78. The van der Waals surface area contributed by atoms with Crippen molar-refractivity contribution in [3.63, 3.8) is 0 Å². The molecule has 1 aliphatic heterocycles. The van der Waals surface area contributed by atoms with Gasteiger partial charge in [0.1, 0.15) is 28.3 Å². The number of anilines is 1. The molecule has 11 heteroatoms. The third-order valence-electron chi connectivity index (χ3n) is 6.61. The first-order valence-corrected chi connectivity index (χ1v) is 12.7. The van der Waals surface area contributed by atoms with Crippen molar-refractivity contribution >= 4 is 28.7 Å². The molecule has 0 radical (unpaired) electrons. The number of rotatable bonds is 7. The monoisotopic (exact) mass is 550 g/mol. The van der Waals surface area contributed by atoms with Crippen LogP contribution in [-0.2, 0) is 19.1 Å². The standard InChI is InChI=1S/C30H26N6O5/c1-4-41-21-13-10-19(11-14-21)36-33-23-15-12-20(16-24(23)34-36)35-27(30(38)40-3)26(29(37)39-2)25(22(17-31)28(35)32)18-8-6-5-7-9-18/h5-16,25H,4,32H2,1-3H3. The number of hydrogen-bond donors (Lipinski definition) is 1. The number of carbonyl (C=O) groups excluding carboxylic acids is 2. The van der Waals surface area contributed by atoms with E-state index in [0.29, 0.717) is 34.6 Å². The number of carbonyl (C=O) groups is 2. The summed E-state index contributed by atoms with van der Waals surface area (Å²) in [4.78, 5) is 29.3. The van der Waals surface area contributed by atoms with Crippen LogP contribution in [0.1, 0.15) is 18.4 Å². The summed E-state index contributed by atoms with van der Waals surface area (Å²) in [6.45, 7) is 2.47. The fourth-order valence-corrected chi connectivity index (χ4v) is 4.78. The summed E-state index contributed by atoms with van der Waals surface area (Å²) in [6, 6.07) is 23.3. The molecule has 41 heavy (non-hydrogen) atoms. The van der Waals surface area contributed by atoms with E-state index in [-0.39, 0.29) is 22.7 Å². The van der Waals surface area contributed by atoms with Crippen LogP contribution in [-0.4, -0.2) is 47.8 Å². The molecule has 206 valence electrons. The molecule has 0 saturated heterocycles. The smallest absolute Gasteiger partial charge is 0.355 e. The molecule has 4 aromatic rings. The Kier molecular flexibility index (Phi) is 7.39. The van der Waals surface area contributed by atoms with Gasteiger partial charge < -0.3 is 19.9 Å². The van der Waals surface area contributed by atoms with E-state index < -0.39 is 17.9 Å². The molecule has 0 saturated carbocycles. The van der Waals surface area contributed by atoms with Crippen molar-refractivity contribution in [1.29, 1.82) is 5.26 Å². The highest BCUT2D eigenvalue weighted by molar-refractivity contribution is 6.06. The summed E-state index contributed by atoms with van der Waals surface area (Å²) in [5, 5.41) is 19.4. The first kappa shape index (κ1) is 27.0. The topological polar surface area (TPSA) is 146 Å². The Balaban J connectivity index is 1.68. The Bertz CT molecular complexity index is 1730. The van der Waals surface area contributed by atoms with Crippen LogP contribution in [0.4, 0.5) is 5.69 Å². The number of allylic oxidation sites excluding steroid dienone is 1. The molecular formula is C30H26N6O5. The molecular weight excluding hydrogens is 524 g/mol. The number of hydrogen-bond acceptors (Lipinski definition) is 10. The number of benzene rings is 3. The summed E-state index contributed by atoms with van der Waals surface area (Å²) in [5.74, 6) is -1.89. The van der Waals surface area contributed by atoms with Crippen LogP contribution in [0.2, 0.25) is 0 Å². The van der Waals surface area contributed by atoms with E-state index in [1.807, 2.05) is 31.2 Å². The average Bonchev–Trinajstić information content (AvgIpc) is 3.44. The maximum atomic E-state index is 13.3. The summed E-state index contributed by atoms with van der Waals surface area (Å²) < 4.78 is 15.7. The molecule has 0 fully saturated rings. The SMILES string of the molecule is CCOc1ccc(-n2nc3ccc(N4C(N)=C(C#N)C(c5ccccc5)C(C(=O)OC)=C4C(=O)OC)cc3n2)cc1. The van der Waals surface area contributed by atoms with E-state index in [2.05, 4.69) is 16.3 Å². The molecule has 0 spiro atoms. The van der Waals surface area contributed by atoms with Crippen LogP contribution in [0, 0.1) is 11.3 Å². The molecule has 1 aliphatic rings. The van der Waals surface area contributed by atoms with E-state index >= 15 is 0 Å². The Morgan fingerprint density at radius 2 is 1.59 bits per heavy atom. The number of aromatic nitrogens is 3. The molecule has 0 bridgehead atoms. The molecule has 11 nitrogen and oxygen atoms in total. The van der Waals surface area contributed by atoms with Crippen molar-refractivity contribution in [2.45, 2.75) is 12.8 Å². The normalized spacial score (nSPS) is 15.1. The minimum absolute atomic E-state index is 0.0346. The quantitative estimate of drug-likeness (QED) is 0.338. The molecule has 0 amide bonds. The molecule has 5 rings (SSSR count).